The van der Waals surface area contributed by atoms with Crippen molar-refractivity contribution in [2.45, 2.75) is 27.2 Å². The summed E-state index contributed by atoms with van der Waals surface area (Å²) in [4.78, 5) is 10.3. The Hall–Kier alpha value is -1.12. The number of aromatic amines is 1. The topological polar surface area (TPSA) is 45.8 Å². The molecule has 1 aromatic rings. The maximum absolute atomic E-state index is 10.3. The van der Waals surface area contributed by atoms with Crippen LogP contribution < -0.4 is 0 Å². The Bertz CT molecular complexity index is 270. The summed E-state index contributed by atoms with van der Waals surface area (Å²) in [5.74, 6) is 0. The molecule has 3 heteroatoms. The summed E-state index contributed by atoms with van der Waals surface area (Å²) in [6.45, 7) is 6.44. The summed E-state index contributed by atoms with van der Waals surface area (Å²) in [5.41, 5.74) is 1.73. The number of carbonyl (C=O) groups is 1. The van der Waals surface area contributed by atoms with Gasteiger partial charge in [0.05, 0.1) is 0 Å². The fourth-order valence-corrected chi connectivity index (χ4v) is 1.10. The van der Waals surface area contributed by atoms with Crippen LogP contribution >= 0.6 is 0 Å². The van der Waals surface area contributed by atoms with E-state index in [1.807, 2.05) is 0 Å². The molecule has 0 saturated carbocycles. The molecule has 0 unspecified atom stereocenters. The molecule has 0 amide bonds. The number of nitrogens with zero attached hydrogens (tertiary/aromatic N) is 1. The van der Waals surface area contributed by atoms with Gasteiger partial charge < -0.3 is 0 Å². The lowest BCUT2D eigenvalue weighted by atomic mass is 9.91. The van der Waals surface area contributed by atoms with Gasteiger partial charge in [-0.2, -0.15) is 5.10 Å². The molecule has 0 spiro atoms. The van der Waals surface area contributed by atoms with Gasteiger partial charge in [-0.3, -0.25) is 9.89 Å². The van der Waals surface area contributed by atoms with Crippen molar-refractivity contribution >= 4 is 6.29 Å². The molecule has 0 saturated heterocycles. The minimum Gasteiger partial charge on any atom is -0.296 e. The number of hydrogen-bond acceptors (Lipinski definition) is 2. The molecule has 1 heterocycles. The summed E-state index contributed by atoms with van der Waals surface area (Å²) in [6.07, 6.45) is 1.66. The van der Waals surface area contributed by atoms with E-state index in [0.29, 0.717) is 5.69 Å². The molecule has 12 heavy (non-hydrogen) atoms. The largest absolute Gasteiger partial charge is 0.296 e. The minimum atomic E-state index is 0.229. The molecule has 66 valence electrons. The number of H-pyrrole nitrogens is 1. The van der Waals surface area contributed by atoms with Crippen molar-refractivity contribution in [3.8, 4) is 0 Å². The minimum absolute atomic E-state index is 0.229. The van der Waals surface area contributed by atoms with Gasteiger partial charge in [-0.1, -0.05) is 20.8 Å². The normalized spacial score (nSPS) is 11.6. The summed E-state index contributed by atoms with van der Waals surface area (Å²) in [7, 11) is 0. The van der Waals surface area contributed by atoms with Crippen molar-refractivity contribution in [2.24, 2.45) is 5.41 Å². The molecule has 0 radical (unpaired) electrons. The van der Waals surface area contributed by atoms with E-state index < -0.39 is 0 Å². The fraction of sp³-hybridized carbons (Fsp3) is 0.556. The van der Waals surface area contributed by atoms with Crippen molar-refractivity contribution in [3.05, 3.63) is 17.5 Å². The van der Waals surface area contributed by atoms with Gasteiger partial charge in [0, 0.05) is 5.69 Å². The van der Waals surface area contributed by atoms with Gasteiger partial charge in [0.2, 0.25) is 0 Å². The van der Waals surface area contributed by atoms with Crippen LogP contribution in [0.15, 0.2) is 6.07 Å². The van der Waals surface area contributed by atoms with Crippen LogP contribution in [0.5, 0.6) is 0 Å². The molecule has 0 atom stereocenters. The molecule has 0 bridgehead atoms. The zero-order valence-electron chi connectivity index (χ0n) is 7.72. The second kappa shape index (κ2) is 3.09. The second-order valence-electron chi connectivity index (χ2n) is 4.17. The van der Waals surface area contributed by atoms with E-state index in [1.165, 1.54) is 0 Å². The highest BCUT2D eigenvalue weighted by atomic mass is 16.1. The Morgan fingerprint density at radius 3 is 2.67 bits per heavy atom. The van der Waals surface area contributed by atoms with E-state index in [-0.39, 0.29) is 5.41 Å². The van der Waals surface area contributed by atoms with E-state index in [0.717, 1.165) is 18.4 Å². The fourth-order valence-electron chi connectivity index (χ4n) is 1.10. The number of rotatable bonds is 2. The van der Waals surface area contributed by atoms with Gasteiger partial charge >= 0.3 is 0 Å². The molecule has 0 aromatic carbocycles. The van der Waals surface area contributed by atoms with E-state index >= 15 is 0 Å². The first-order valence-electron chi connectivity index (χ1n) is 4.01. The molecular formula is C9H14N2O. The van der Waals surface area contributed by atoms with Crippen LogP contribution in [0.1, 0.15) is 37.0 Å². The second-order valence-corrected chi connectivity index (χ2v) is 4.17. The van der Waals surface area contributed by atoms with E-state index in [9.17, 15) is 4.79 Å². The summed E-state index contributed by atoms with van der Waals surface area (Å²) in [6, 6.07) is 1.79. The molecule has 0 fully saturated rings. The maximum Gasteiger partial charge on any atom is 0.170 e. The van der Waals surface area contributed by atoms with Crippen molar-refractivity contribution in [1.82, 2.24) is 10.2 Å². The zero-order chi connectivity index (χ0) is 9.19. The molecule has 1 rings (SSSR count). The number of carbonyl (C=O) groups excluding carboxylic acids is 1. The van der Waals surface area contributed by atoms with E-state index in [2.05, 4.69) is 31.0 Å². The van der Waals surface area contributed by atoms with Gasteiger partial charge in [0.1, 0.15) is 5.69 Å². The highest BCUT2D eigenvalue weighted by Gasteiger charge is 2.12. The predicted molar refractivity (Wildman–Crippen MR) is 47.1 cm³/mol. The van der Waals surface area contributed by atoms with Gasteiger partial charge in [0.25, 0.3) is 0 Å². The standard InChI is InChI=1S/C9H14N2O/c1-9(2,3)5-7-4-8(6-12)11-10-7/h4,6H,5H2,1-3H3,(H,10,11). The average Bonchev–Trinajstić information content (AvgIpc) is 2.32. The molecule has 0 aliphatic heterocycles. The highest BCUT2D eigenvalue weighted by molar-refractivity contribution is 5.71. The maximum atomic E-state index is 10.3. The quantitative estimate of drug-likeness (QED) is 0.681. The highest BCUT2D eigenvalue weighted by Crippen LogP contribution is 2.19. The Morgan fingerprint density at radius 1 is 1.58 bits per heavy atom. The van der Waals surface area contributed by atoms with Crippen LogP contribution in [-0.4, -0.2) is 16.5 Å². The third-order valence-electron chi connectivity index (χ3n) is 1.49. The summed E-state index contributed by atoms with van der Waals surface area (Å²) in [5, 5.41) is 6.66. The molecule has 1 N–H and O–H groups in total. The Balaban J connectivity index is 2.70. The average molecular weight is 166 g/mol. The summed E-state index contributed by atoms with van der Waals surface area (Å²) < 4.78 is 0. The molecule has 0 aliphatic rings. The molecule has 0 aliphatic carbocycles. The van der Waals surface area contributed by atoms with Gasteiger partial charge in [-0.05, 0) is 17.9 Å². The lowest BCUT2D eigenvalue weighted by Crippen LogP contribution is -2.09. The molecule has 3 nitrogen and oxygen atoms in total. The number of nitrogens with one attached hydrogen (secondary N) is 1. The SMILES string of the molecule is CC(C)(C)Cc1cc(C=O)n[nH]1. The third-order valence-corrected chi connectivity index (χ3v) is 1.49. The lowest BCUT2D eigenvalue weighted by molar-refractivity contribution is 0.111. The van der Waals surface area contributed by atoms with Crippen molar-refractivity contribution in [1.29, 1.82) is 0 Å². The van der Waals surface area contributed by atoms with E-state index in [1.54, 1.807) is 6.07 Å². The first-order chi connectivity index (χ1) is 5.51. The van der Waals surface area contributed by atoms with Crippen LogP contribution in [0.4, 0.5) is 0 Å². The summed E-state index contributed by atoms with van der Waals surface area (Å²) >= 11 is 0. The van der Waals surface area contributed by atoms with Gasteiger partial charge in [-0.15, -0.1) is 0 Å². The number of hydrogen-bond donors (Lipinski definition) is 1. The van der Waals surface area contributed by atoms with E-state index in [4.69, 9.17) is 0 Å². The predicted octanol–water partition coefficient (Wildman–Crippen LogP) is 1.81. The van der Waals surface area contributed by atoms with Gasteiger partial charge in [0.15, 0.2) is 6.29 Å². The number of aldehydes is 1. The van der Waals surface area contributed by atoms with Crippen molar-refractivity contribution < 1.29 is 4.79 Å². The smallest absolute Gasteiger partial charge is 0.170 e. The monoisotopic (exact) mass is 166 g/mol. The first-order valence-corrected chi connectivity index (χ1v) is 4.01. The van der Waals surface area contributed by atoms with Crippen LogP contribution in [-0.2, 0) is 6.42 Å². The molecular weight excluding hydrogens is 152 g/mol. The Labute approximate surface area is 72.2 Å². The lowest BCUT2D eigenvalue weighted by Gasteiger charge is -2.15. The van der Waals surface area contributed by atoms with Crippen LogP contribution in [0, 0.1) is 5.41 Å². The van der Waals surface area contributed by atoms with Gasteiger partial charge in [-0.25, -0.2) is 0 Å². The Kier molecular flexibility index (Phi) is 2.31. The first kappa shape index (κ1) is 8.97. The van der Waals surface area contributed by atoms with Crippen LogP contribution in [0.3, 0.4) is 0 Å². The Morgan fingerprint density at radius 2 is 2.25 bits per heavy atom. The molecule has 1 aromatic heterocycles. The van der Waals surface area contributed by atoms with Crippen molar-refractivity contribution in [3.63, 3.8) is 0 Å². The van der Waals surface area contributed by atoms with Crippen molar-refractivity contribution in [2.75, 3.05) is 0 Å². The third kappa shape index (κ3) is 2.49. The number of aromatic nitrogens is 2. The van der Waals surface area contributed by atoms with Crippen LogP contribution in [0.25, 0.3) is 0 Å². The van der Waals surface area contributed by atoms with Crippen LogP contribution in [0.2, 0.25) is 0 Å². The zero-order valence-corrected chi connectivity index (χ0v) is 7.72.